The molecule has 6 heteroatoms. The van der Waals surface area contributed by atoms with Crippen LogP contribution < -0.4 is 16.6 Å². The summed E-state index contributed by atoms with van der Waals surface area (Å²) in [6, 6.07) is 1.77. The van der Waals surface area contributed by atoms with E-state index in [-0.39, 0.29) is 35.5 Å². The number of rotatable bonds is 4. The molecule has 1 unspecified atom stereocenters. The number of amides is 1. The summed E-state index contributed by atoms with van der Waals surface area (Å²) < 4.78 is 0. The number of H-pyrrole nitrogens is 1. The molecule has 0 aromatic carbocycles. The number of carbonyl (C=O) groups is 1. The van der Waals surface area contributed by atoms with Gasteiger partial charge in [-0.25, -0.2) is 0 Å². The third-order valence-corrected chi connectivity index (χ3v) is 4.34. The first-order chi connectivity index (χ1) is 9.69. The smallest absolute Gasteiger partial charge is 0.261 e. The second-order valence-corrected chi connectivity index (χ2v) is 5.88. The largest absolute Gasteiger partial charge is 0.348 e. The maximum absolute atomic E-state index is 12.3. The number of nitrogens with two attached hydrogens (primary N) is 1. The van der Waals surface area contributed by atoms with E-state index in [1.54, 1.807) is 6.07 Å². The minimum Gasteiger partial charge on any atom is -0.348 e. The molecule has 1 saturated carbocycles. The second kappa shape index (κ2) is 6.62. The highest BCUT2D eigenvalue weighted by Crippen LogP contribution is 2.32. The molecule has 1 heterocycles. The van der Waals surface area contributed by atoms with Crippen molar-refractivity contribution in [1.82, 2.24) is 10.3 Å². The van der Waals surface area contributed by atoms with Gasteiger partial charge in [-0.15, -0.1) is 12.4 Å². The van der Waals surface area contributed by atoms with E-state index in [9.17, 15) is 9.59 Å². The molecule has 5 nitrogen and oxygen atoms in total. The Labute approximate surface area is 130 Å². The predicted molar refractivity (Wildman–Crippen MR) is 84.0 cm³/mol. The zero-order valence-corrected chi connectivity index (χ0v) is 12.8. The topological polar surface area (TPSA) is 88.0 Å². The summed E-state index contributed by atoms with van der Waals surface area (Å²) in [6.45, 7) is 0.430. The molecule has 1 atom stereocenters. The summed E-state index contributed by atoms with van der Waals surface area (Å²) in [7, 11) is 0. The highest BCUT2D eigenvalue weighted by atomic mass is 35.5. The predicted octanol–water partition coefficient (Wildman–Crippen LogP) is 1.14. The van der Waals surface area contributed by atoms with Gasteiger partial charge in [0.25, 0.3) is 11.5 Å². The number of aromatic nitrogens is 1. The Kier molecular flexibility index (Phi) is 5.06. The lowest BCUT2D eigenvalue weighted by Crippen LogP contribution is -2.43. The third-order valence-electron chi connectivity index (χ3n) is 4.34. The summed E-state index contributed by atoms with van der Waals surface area (Å²) in [5.74, 6) is 0.197. The first-order valence-electron chi connectivity index (χ1n) is 7.45. The molecule has 21 heavy (non-hydrogen) atoms. The van der Waals surface area contributed by atoms with Crippen LogP contribution in [0.1, 0.15) is 47.3 Å². The highest BCUT2D eigenvalue weighted by Gasteiger charge is 2.32. The molecule has 3 rings (SSSR count). The van der Waals surface area contributed by atoms with Crippen LogP contribution in [-0.2, 0) is 12.8 Å². The van der Waals surface area contributed by atoms with E-state index in [4.69, 9.17) is 5.73 Å². The van der Waals surface area contributed by atoms with Gasteiger partial charge in [-0.1, -0.05) is 0 Å². The van der Waals surface area contributed by atoms with Crippen molar-refractivity contribution in [3.05, 3.63) is 33.2 Å². The number of nitrogens with one attached hydrogen (secondary N) is 2. The number of halogens is 1. The van der Waals surface area contributed by atoms with Gasteiger partial charge in [0, 0.05) is 18.3 Å². The molecular weight excluding hydrogens is 290 g/mol. The number of hydrogen-bond acceptors (Lipinski definition) is 3. The minimum absolute atomic E-state index is 0. The van der Waals surface area contributed by atoms with Crippen molar-refractivity contribution >= 4 is 18.3 Å². The van der Waals surface area contributed by atoms with Gasteiger partial charge in [0.05, 0.1) is 0 Å². The maximum Gasteiger partial charge on any atom is 0.261 e. The molecule has 0 bridgehead atoms. The Morgan fingerprint density at radius 1 is 1.38 bits per heavy atom. The van der Waals surface area contributed by atoms with Gasteiger partial charge in [-0.3, -0.25) is 9.59 Å². The van der Waals surface area contributed by atoms with Crippen LogP contribution in [0.25, 0.3) is 0 Å². The quantitative estimate of drug-likeness (QED) is 0.779. The van der Waals surface area contributed by atoms with Crippen molar-refractivity contribution in [3.63, 3.8) is 0 Å². The fourth-order valence-electron chi connectivity index (χ4n) is 2.96. The summed E-state index contributed by atoms with van der Waals surface area (Å²) in [6.07, 6.45) is 6.29. The lowest BCUT2D eigenvalue weighted by molar-refractivity contribution is 0.0931. The zero-order chi connectivity index (χ0) is 14.1. The fourth-order valence-corrected chi connectivity index (χ4v) is 2.96. The van der Waals surface area contributed by atoms with Crippen molar-refractivity contribution in [1.29, 1.82) is 0 Å². The lowest BCUT2D eigenvalue weighted by atomic mass is 9.95. The van der Waals surface area contributed by atoms with Gasteiger partial charge >= 0.3 is 0 Å². The van der Waals surface area contributed by atoms with E-state index in [1.165, 1.54) is 0 Å². The van der Waals surface area contributed by atoms with E-state index in [1.807, 2.05) is 0 Å². The fraction of sp³-hybridized carbons (Fsp3) is 0.600. The monoisotopic (exact) mass is 311 g/mol. The number of fused-ring (bicyclic) bond motifs is 1. The van der Waals surface area contributed by atoms with Crippen LogP contribution in [0.5, 0.6) is 0 Å². The SMILES string of the molecule is Cl.NCC(NC(=O)c1cc2c([nH]c1=O)CCCC2)C1CC1. The Balaban J connectivity index is 0.00000161. The van der Waals surface area contributed by atoms with Crippen molar-refractivity contribution in [2.75, 3.05) is 6.54 Å². The van der Waals surface area contributed by atoms with E-state index >= 15 is 0 Å². The molecule has 116 valence electrons. The van der Waals surface area contributed by atoms with E-state index in [2.05, 4.69) is 10.3 Å². The van der Waals surface area contributed by atoms with Crippen LogP contribution in [0, 0.1) is 5.92 Å². The van der Waals surface area contributed by atoms with Crippen LogP contribution in [0.4, 0.5) is 0 Å². The summed E-state index contributed by atoms with van der Waals surface area (Å²) in [5, 5.41) is 2.91. The molecule has 0 radical (unpaired) electrons. The van der Waals surface area contributed by atoms with E-state index in [0.29, 0.717) is 12.5 Å². The first-order valence-corrected chi connectivity index (χ1v) is 7.45. The second-order valence-electron chi connectivity index (χ2n) is 5.88. The standard InChI is InChI=1S/C15H21N3O2.ClH/c16-8-13(9-5-6-9)18-15(20)11-7-10-3-1-2-4-12(10)17-14(11)19;/h7,9,13H,1-6,8,16H2,(H,17,19)(H,18,20);1H. The van der Waals surface area contributed by atoms with Gasteiger partial charge in [0.1, 0.15) is 5.56 Å². The summed E-state index contributed by atoms with van der Waals surface area (Å²) in [5.41, 5.74) is 7.74. The molecule has 1 aromatic rings. The van der Waals surface area contributed by atoms with Crippen molar-refractivity contribution in [3.8, 4) is 0 Å². The van der Waals surface area contributed by atoms with E-state index in [0.717, 1.165) is 49.8 Å². The average molecular weight is 312 g/mol. The number of carbonyl (C=O) groups excluding carboxylic acids is 1. The van der Waals surface area contributed by atoms with Crippen molar-refractivity contribution < 1.29 is 4.79 Å². The highest BCUT2D eigenvalue weighted by molar-refractivity contribution is 5.94. The van der Waals surface area contributed by atoms with Crippen LogP contribution in [0.3, 0.4) is 0 Å². The Morgan fingerprint density at radius 2 is 2.10 bits per heavy atom. The normalized spacial score (nSPS) is 18.3. The Hall–Kier alpha value is -1.33. The molecular formula is C15H22ClN3O2. The van der Waals surface area contributed by atoms with Crippen LogP contribution in [-0.4, -0.2) is 23.5 Å². The van der Waals surface area contributed by atoms with Gasteiger partial charge < -0.3 is 16.0 Å². The molecule has 1 amide bonds. The molecule has 0 saturated heterocycles. The molecule has 4 N–H and O–H groups in total. The molecule has 2 aliphatic carbocycles. The summed E-state index contributed by atoms with van der Waals surface area (Å²) >= 11 is 0. The molecule has 1 fully saturated rings. The lowest BCUT2D eigenvalue weighted by Gasteiger charge is -2.18. The Bertz CT molecular complexity index is 581. The van der Waals surface area contributed by atoms with Crippen LogP contribution in [0.2, 0.25) is 0 Å². The van der Waals surface area contributed by atoms with Crippen molar-refractivity contribution in [2.45, 2.75) is 44.6 Å². The van der Waals surface area contributed by atoms with Crippen LogP contribution in [0.15, 0.2) is 10.9 Å². The number of hydrogen-bond donors (Lipinski definition) is 3. The molecule has 0 aliphatic heterocycles. The van der Waals surface area contributed by atoms with Crippen molar-refractivity contribution in [2.24, 2.45) is 11.7 Å². The molecule has 0 spiro atoms. The number of aromatic amines is 1. The zero-order valence-electron chi connectivity index (χ0n) is 12.0. The number of aryl methyl sites for hydroxylation is 2. The van der Waals surface area contributed by atoms with Gasteiger partial charge in [0.15, 0.2) is 0 Å². The Morgan fingerprint density at radius 3 is 2.76 bits per heavy atom. The molecule has 2 aliphatic rings. The van der Waals surface area contributed by atoms with Crippen LogP contribution >= 0.6 is 12.4 Å². The molecule has 1 aromatic heterocycles. The summed E-state index contributed by atoms with van der Waals surface area (Å²) in [4.78, 5) is 27.2. The average Bonchev–Trinajstić information content (AvgIpc) is 3.28. The van der Waals surface area contributed by atoms with Gasteiger partial charge in [0.2, 0.25) is 0 Å². The van der Waals surface area contributed by atoms with Gasteiger partial charge in [-0.05, 0) is 56.1 Å². The third kappa shape index (κ3) is 3.47. The minimum atomic E-state index is -0.290. The maximum atomic E-state index is 12.3. The number of pyridine rings is 1. The van der Waals surface area contributed by atoms with E-state index < -0.39 is 0 Å². The first kappa shape index (κ1) is 16.0. The van der Waals surface area contributed by atoms with Gasteiger partial charge in [-0.2, -0.15) is 0 Å².